The molecule has 1 rings (SSSR count). The van der Waals surface area contributed by atoms with Crippen LogP contribution >= 0.6 is 0 Å². The van der Waals surface area contributed by atoms with Gasteiger partial charge in [0, 0.05) is 5.56 Å². The van der Waals surface area contributed by atoms with Gasteiger partial charge in [0.1, 0.15) is 0 Å². The van der Waals surface area contributed by atoms with Gasteiger partial charge in [0.25, 0.3) is 0 Å². The molecule has 1 aromatic rings. The van der Waals surface area contributed by atoms with Gasteiger partial charge in [-0.1, -0.05) is 0 Å². The van der Waals surface area contributed by atoms with Crippen molar-refractivity contribution < 1.29 is 18.3 Å². The Hall–Kier alpha value is -1.70. The van der Waals surface area contributed by atoms with Crippen LogP contribution in [0.15, 0.2) is 6.07 Å². The zero-order valence-electron chi connectivity index (χ0n) is 8.11. The Morgan fingerprint density at radius 2 is 1.80 bits per heavy atom. The van der Waals surface area contributed by atoms with Crippen molar-refractivity contribution in [1.82, 2.24) is 0 Å². The smallest absolute Gasteiger partial charge is 0.203 e. The molecule has 1 aromatic carbocycles. The first-order valence-electron chi connectivity index (χ1n) is 4.09. The van der Waals surface area contributed by atoms with Crippen molar-refractivity contribution in [2.45, 2.75) is 19.3 Å². The average molecular weight is 215 g/mol. The highest BCUT2D eigenvalue weighted by Crippen LogP contribution is 2.34. The largest absolute Gasteiger partial charge is 0.505 e. The fourth-order valence-electron chi connectivity index (χ4n) is 1.12. The first kappa shape index (κ1) is 11.4. The molecule has 0 amide bonds. The SMILES string of the molecule is CC(C)(C#N)c1cc(F)c(F)c(F)c1O. The van der Waals surface area contributed by atoms with Crippen LogP contribution in [0.5, 0.6) is 5.75 Å². The van der Waals surface area contributed by atoms with Crippen molar-refractivity contribution in [3.63, 3.8) is 0 Å². The summed E-state index contributed by atoms with van der Waals surface area (Å²) in [6, 6.07) is 2.38. The van der Waals surface area contributed by atoms with E-state index in [-0.39, 0.29) is 5.56 Å². The van der Waals surface area contributed by atoms with Crippen LogP contribution in [0.3, 0.4) is 0 Å². The Labute approximate surface area is 84.6 Å². The zero-order valence-corrected chi connectivity index (χ0v) is 8.11. The van der Waals surface area contributed by atoms with E-state index in [1.165, 1.54) is 13.8 Å². The van der Waals surface area contributed by atoms with Gasteiger partial charge in [-0.25, -0.2) is 8.78 Å². The average Bonchev–Trinajstić information content (AvgIpc) is 2.20. The van der Waals surface area contributed by atoms with Crippen LogP contribution in [0.4, 0.5) is 13.2 Å². The Balaban J connectivity index is 3.54. The van der Waals surface area contributed by atoms with E-state index in [1.807, 2.05) is 0 Å². The van der Waals surface area contributed by atoms with Gasteiger partial charge >= 0.3 is 0 Å². The summed E-state index contributed by atoms with van der Waals surface area (Å²) in [6.45, 7) is 2.72. The van der Waals surface area contributed by atoms with Gasteiger partial charge in [0.2, 0.25) is 5.82 Å². The minimum absolute atomic E-state index is 0.276. The summed E-state index contributed by atoms with van der Waals surface area (Å²) in [7, 11) is 0. The monoisotopic (exact) mass is 215 g/mol. The third kappa shape index (κ3) is 1.75. The zero-order chi connectivity index (χ0) is 11.8. The second-order valence-corrected chi connectivity index (χ2v) is 3.62. The van der Waals surface area contributed by atoms with Crippen LogP contribution in [-0.2, 0) is 5.41 Å². The molecular formula is C10H8F3NO. The van der Waals surface area contributed by atoms with Crippen LogP contribution in [-0.4, -0.2) is 5.11 Å². The van der Waals surface area contributed by atoms with Gasteiger partial charge in [0.05, 0.1) is 11.5 Å². The number of aromatic hydroxyl groups is 1. The number of benzene rings is 1. The van der Waals surface area contributed by atoms with Crippen molar-refractivity contribution in [1.29, 1.82) is 5.26 Å². The number of nitriles is 1. The fourth-order valence-corrected chi connectivity index (χ4v) is 1.12. The highest BCUT2D eigenvalue weighted by Gasteiger charge is 2.29. The summed E-state index contributed by atoms with van der Waals surface area (Å²) in [5, 5.41) is 18.0. The van der Waals surface area contributed by atoms with E-state index < -0.39 is 28.6 Å². The minimum Gasteiger partial charge on any atom is -0.505 e. The molecule has 0 radical (unpaired) electrons. The first-order valence-corrected chi connectivity index (χ1v) is 4.09. The highest BCUT2D eigenvalue weighted by atomic mass is 19.2. The number of phenols is 1. The maximum absolute atomic E-state index is 12.9. The molecule has 80 valence electrons. The number of hydrogen-bond donors (Lipinski definition) is 1. The van der Waals surface area contributed by atoms with Crippen LogP contribution in [0.1, 0.15) is 19.4 Å². The molecule has 0 saturated heterocycles. The second-order valence-electron chi connectivity index (χ2n) is 3.62. The molecule has 0 fully saturated rings. The topological polar surface area (TPSA) is 44.0 Å². The summed E-state index contributed by atoms with van der Waals surface area (Å²) in [5.74, 6) is -5.87. The molecule has 0 saturated carbocycles. The molecule has 1 N–H and O–H groups in total. The molecule has 2 nitrogen and oxygen atoms in total. The Kier molecular flexibility index (Phi) is 2.63. The van der Waals surface area contributed by atoms with Crippen LogP contribution in [0.25, 0.3) is 0 Å². The van der Waals surface area contributed by atoms with Crippen molar-refractivity contribution in [3.05, 3.63) is 29.1 Å². The lowest BCUT2D eigenvalue weighted by molar-refractivity contribution is 0.375. The predicted molar refractivity (Wildman–Crippen MR) is 46.6 cm³/mol. The van der Waals surface area contributed by atoms with Crippen molar-refractivity contribution >= 4 is 0 Å². The normalized spacial score (nSPS) is 11.2. The second kappa shape index (κ2) is 3.46. The molecule has 0 unspecified atom stereocenters. The molecule has 5 heteroatoms. The van der Waals surface area contributed by atoms with E-state index in [9.17, 15) is 18.3 Å². The van der Waals surface area contributed by atoms with E-state index in [2.05, 4.69) is 0 Å². The quantitative estimate of drug-likeness (QED) is 0.732. The van der Waals surface area contributed by atoms with Crippen LogP contribution in [0.2, 0.25) is 0 Å². The van der Waals surface area contributed by atoms with Crippen LogP contribution < -0.4 is 0 Å². The van der Waals surface area contributed by atoms with Gasteiger partial charge in [-0.15, -0.1) is 0 Å². The lowest BCUT2D eigenvalue weighted by Crippen LogP contribution is -2.15. The summed E-state index contributed by atoms with van der Waals surface area (Å²) in [4.78, 5) is 0. The number of halogens is 3. The maximum Gasteiger partial charge on any atom is 0.203 e. The fraction of sp³-hybridized carbons (Fsp3) is 0.300. The number of hydrogen-bond acceptors (Lipinski definition) is 2. The molecule has 0 atom stereocenters. The predicted octanol–water partition coefficient (Wildman–Crippen LogP) is 2.61. The standard InChI is InChI=1S/C10H8F3NO/c1-10(2,4-14)5-3-6(11)7(12)8(13)9(5)15/h3,15H,1-2H3. The number of phenolic OH excluding ortho intramolecular Hbond substituents is 1. The third-order valence-electron chi connectivity index (χ3n) is 2.09. The van der Waals surface area contributed by atoms with Crippen molar-refractivity contribution in [3.8, 4) is 11.8 Å². The summed E-state index contributed by atoms with van der Waals surface area (Å²) >= 11 is 0. The molecule has 15 heavy (non-hydrogen) atoms. The van der Waals surface area contributed by atoms with Crippen LogP contribution in [0, 0.1) is 28.8 Å². The first-order chi connectivity index (χ1) is 6.81. The highest BCUT2D eigenvalue weighted by molar-refractivity contribution is 5.43. The van der Waals surface area contributed by atoms with Gasteiger partial charge < -0.3 is 5.11 Å². The maximum atomic E-state index is 12.9. The van der Waals surface area contributed by atoms with E-state index in [0.717, 1.165) is 0 Å². The number of nitrogens with zero attached hydrogens (tertiary/aromatic N) is 1. The van der Waals surface area contributed by atoms with Gasteiger partial charge in [-0.05, 0) is 19.9 Å². The van der Waals surface area contributed by atoms with Crippen molar-refractivity contribution in [2.75, 3.05) is 0 Å². The van der Waals surface area contributed by atoms with Gasteiger partial charge in [-0.3, -0.25) is 0 Å². The Bertz CT molecular complexity index is 449. The molecular weight excluding hydrogens is 207 g/mol. The summed E-state index contributed by atoms with van der Waals surface area (Å²) in [6.07, 6.45) is 0. The minimum atomic E-state index is -1.75. The third-order valence-corrected chi connectivity index (χ3v) is 2.09. The Morgan fingerprint density at radius 1 is 1.27 bits per heavy atom. The lowest BCUT2D eigenvalue weighted by atomic mass is 9.85. The molecule has 0 aliphatic carbocycles. The molecule has 0 spiro atoms. The molecule has 0 aliphatic heterocycles. The Morgan fingerprint density at radius 3 is 2.27 bits per heavy atom. The molecule has 0 aromatic heterocycles. The van der Waals surface area contributed by atoms with Gasteiger partial charge in [-0.2, -0.15) is 9.65 Å². The molecule has 0 heterocycles. The van der Waals surface area contributed by atoms with Crippen molar-refractivity contribution in [2.24, 2.45) is 0 Å². The van der Waals surface area contributed by atoms with E-state index in [1.54, 1.807) is 6.07 Å². The summed E-state index contributed by atoms with van der Waals surface area (Å²) < 4.78 is 38.5. The van der Waals surface area contributed by atoms with E-state index in [0.29, 0.717) is 6.07 Å². The van der Waals surface area contributed by atoms with E-state index in [4.69, 9.17) is 5.26 Å². The molecule has 0 bridgehead atoms. The van der Waals surface area contributed by atoms with E-state index >= 15 is 0 Å². The van der Waals surface area contributed by atoms with Gasteiger partial charge in [0.15, 0.2) is 17.4 Å². The summed E-state index contributed by atoms with van der Waals surface area (Å²) in [5.41, 5.74) is -1.57. The number of rotatable bonds is 1. The molecule has 0 aliphatic rings. The lowest BCUT2D eigenvalue weighted by Gasteiger charge is -2.17.